The van der Waals surface area contributed by atoms with Crippen molar-refractivity contribution in [3.8, 4) is 11.9 Å². The Balaban J connectivity index is 3.32. The highest BCUT2D eigenvalue weighted by atomic mass is 16.5. The summed E-state index contributed by atoms with van der Waals surface area (Å²) in [5.41, 5.74) is 7.84. The van der Waals surface area contributed by atoms with Crippen LogP contribution < -0.4 is 10.5 Å². The smallest absolute Gasteiger partial charge is 0.231 e. The van der Waals surface area contributed by atoms with Crippen molar-refractivity contribution in [2.45, 2.75) is 19.9 Å². The molecule has 1 unspecified atom stereocenters. The van der Waals surface area contributed by atoms with E-state index in [1.165, 1.54) is 7.11 Å². The van der Waals surface area contributed by atoms with E-state index >= 15 is 0 Å². The van der Waals surface area contributed by atoms with Crippen molar-refractivity contribution in [2.24, 2.45) is 5.73 Å². The van der Waals surface area contributed by atoms with Crippen LogP contribution in [0.1, 0.15) is 29.8 Å². The summed E-state index contributed by atoms with van der Waals surface area (Å²) in [6.07, 6.45) is 0. The Kier molecular flexibility index (Phi) is 3.05. The summed E-state index contributed by atoms with van der Waals surface area (Å²) in [5, 5.41) is 8.84. The molecular weight excluding hydrogens is 178 g/mol. The number of nitrogens with two attached hydrogens (primary N) is 1. The minimum Gasteiger partial charge on any atom is -0.480 e. The van der Waals surface area contributed by atoms with Crippen LogP contribution >= 0.6 is 0 Å². The molecule has 0 radical (unpaired) electrons. The maximum absolute atomic E-state index is 8.84. The van der Waals surface area contributed by atoms with Crippen LogP contribution in [0.4, 0.5) is 0 Å². The highest BCUT2D eigenvalue weighted by Gasteiger charge is 2.11. The first-order valence-electron chi connectivity index (χ1n) is 4.31. The molecule has 0 aromatic carbocycles. The second kappa shape index (κ2) is 4.07. The highest BCUT2D eigenvalue weighted by Crippen LogP contribution is 2.21. The molecule has 2 N–H and O–H groups in total. The average Bonchev–Trinajstić information content (AvgIpc) is 2.16. The molecule has 0 saturated carbocycles. The van der Waals surface area contributed by atoms with Gasteiger partial charge >= 0.3 is 0 Å². The number of methoxy groups -OCH3 is 1. The first kappa shape index (κ1) is 10.5. The molecule has 4 nitrogen and oxygen atoms in total. The predicted octanol–water partition coefficient (Wildman–Crippen LogP) is 1.29. The van der Waals surface area contributed by atoms with Gasteiger partial charge in [0.25, 0.3) is 0 Å². The Bertz CT molecular complexity index is 380. The van der Waals surface area contributed by atoms with Gasteiger partial charge in [0.05, 0.1) is 7.11 Å². The van der Waals surface area contributed by atoms with E-state index in [-0.39, 0.29) is 6.04 Å². The molecule has 14 heavy (non-hydrogen) atoms. The average molecular weight is 191 g/mol. The van der Waals surface area contributed by atoms with Gasteiger partial charge in [-0.05, 0) is 25.5 Å². The molecule has 0 aliphatic heterocycles. The fourth-order valence-electron chi connectivity index (χ4n) is 1.30. The van der Waals surface area contributed by atoms with E-state index in [1.807, 2.05) is 19.9 Å². The first-order valence-corrected chi connectivity index (χ1v) is 4.31. The summed E-state index contributed by atoms with van der Waals surface area (Å²) in [7, 11) is 1.49. The van der Waals surface area contributed by atoms with Gasteiger partial charge in [-0.3, -0.25) is 0 Å². The molecule has 0 amide bonds. The van der Waals surface area contributed by atoms with E-state index in [4.69, 9.17) is 15.7 Å². The number of nitriles is 1. The summed E-state index contributed by atoms with van der Waals surface area (Å²) < 4.78 is 4.98. The van der Waals surface area contributed by atoms with Crippen molar-refractivity contribution in [1.29, 1.82) is 5.26 Å². The molecule has 1 aromatic heterocycles. The molecule has 0 fully saturated rings. The summed E-state index contributed by atoms with van der Waals surface area (Å²) in [4.78, 5) is 4.16. The lowest BCUT2D eigenvalue weighted by Crippen LogP contribution is -2.09. The number of nitrogens with zero attached hydrogens (tertiary/aromatic N) is 2. The van der Waals surface area contributed by atoms with Crippen LogP contribution in [0.15, 0.2) is 6.07 Å². The van der Waals surface area contributed by atoms with Gasteiger partial charge in [0, 0.05) is 11.7 Å². The standard InChI is InChI=1S/C10H13N3O/c1-6(12)9-4-8(5-11)10(14-3)13-7(9)2/h4,6H,12H2,1-3H3. The lowest BCUT2D eigenvalue weighted by Gasteiger charge is -2.11. The molecule has 4 heteroatoms. The van der Waals surface area contributed by atoms with Crippen LogP contribution in [0, 0.1) is 18.3 Å². The van der Waals surface area contributed by atoms with Crippen molar-refractivity contribution in [3.05, 3.63) is 22.9 Å². The fourth-order valence-corrected chi connectivity index (χ4v) is 1.30. The number of hydrogen-bond donors (Lipinski definition) is 1. The molecule has 0 aliphatic carbocycles. The second-order valence-electron chi connectivity index (χ2n) is 3.12. The van der Waals surface area contributed by atoms with Gasteiger partial charge in [0.1, 0.15) is 11.6 Å². The number of hydrogen-bond acceptors (Lipinski definition) is 4. The molecule has 1 rings (SSSR count). The van der Waals surface area contributed by atoms with Crippen molar-refractivity contribution in [3.63, 3.8) is 0 Å². The molecule has 1 heterocycles. The maximum Gasteiger partial charge on any atom is 0.231 e. The Morgan fingerprint density at radius 2 is 2.29 bits per heavy atom. The van der Waals surface area contributed by atoms with Crippen LogP contribution in [0.5, 0.6) is 5.88 Å². The largest absolute Gasteiger partial charge is 0.480 e. The van der Waals surface area contributed by atoms with Gasteiger partial charge in [-0.25, -0.2) is 4.98 Å². The maximum atomic E-state index is 8.84. The van der Waals surface area contributed by atoms with Gasteiger partial charge < -0.3 is 10.5 Å². The van der Waals surface area contributed by atoms with Crippen LogP contribution in [0.25, 0.3) is 0 Å². The zero-order chi connectivity index (χ0) is 10.7. The lowest BCUT2D eigenvalue weighted by molar-refractivity contribution is 0.395. The topological polar surface area (TPSA) is 71.9 Å². The normalized spacial score (nSPS) is 11.9. The summed E-state index contributed by atoms with van der Waals surface area (Å²) >= 11 is 0. The Labute approximate surface area is 83.3 Å². The summed E-state index contributed by atoms with van der Waals surface area (Å²) in [6, 6.07) is 3.63. The van der Waals surface area contributed by atoms with Crippen LogP contribution in [0.2, 0.25) is 0 Å². The summed E-state index contributed by atoms with van der Waals surface area (Å²) in [5.74, 6) is 0.356. The Morgan fingerprint density at radius 1 is 1.64 bits per heavy atom. The number of pyridine rings is 1. The third kappa shape index (κ3) is 1.83. The highest BCUT2D eigenvalue weighted by molar-refractivity contribution is 5.43. The molecule has 1 aromatic rings. The van der Waals surface area contributed by atoms with Gasteiger partial charge in [0.2, 0.25) is 5.88 Å². The zero-order valence-electron chi connectivity index (χ0n) is 8.53. The van der Waals surface area contributed by atoms with Crippen LogP contribution in [-0.4, -0.2) is 12.1 Å². The van der Waals surface area contributed by atoms with Gasteiger partial charge in [0.15, 0.2) is 0 Å². The molecule has 0 saturated heterocycles. The van der Waals surface area contributed by atoms with Crippen molar-refractivity contribution < 1.29 is 4.74 Å². The SMILES string of the molecule is COc1nc(C)c(C(C)N)cc1C#N. The number of ether oxygens (including phenoxy) is 1. The molecular formula is C10H13N3O. The zero-order valence-corrected chi connectivity index (χ0v) is 8.53. The van der Waals surface area contributed by atoms with Gasteiger partial charge in [-0.15, -0.1) is 0 Å². The number of rotatable bonds is 2. The minimum absolute atomic E-state index is 0.125. The number of aromatic nitrogens is 1. The molecule has 0 spiro atoms. The third-order valence-corrected chi connectivity index (χ3v) is 2.02. The summed E-state index contributed by atoms with van der Waals surface area (Å²) in [6.45, 7) is 3.71. The molecule has 0 bridgehead atoms. The monoisotopic (exact) mass is 191 g/mol. The molecule has 1 atom stereocenters. The first-order chi connectivity index (χ1) is 6.60. The van der Waals surface area contributed by atoms with Crippen LogP contribution in [-0.2, 0) is 0 Å². The van der Waals surface area contributed by atoms with Crippen molar-refractivity contribution >= 4 is 0 Å². The van der Waals surface area contributed by atoms with Gasteiger partial charge in [-0.1, -0.05) is 0 Å². The van der Waals surface area contributed by atoms with E-state index in [0.29, 0.717) is 11.4 Å². The Morgan fingerprint density at radius 3 is 2.71 bits per heavy atom. The van der Waals surface area contributed by atoms with E-state index in [9.17, 15) is 0 Å². The van der Waals surface area contributed by atoms with E-state index in [1.54, 1.807) is 6.07 Å². The second-order valence-corrected chi connectivity index (χ2v) is 3.12. The van der Waals surface area contributed by atoms with Crippen LogP contribution in [0.3, 0.4) is 0 Å². The van der Waals surface area contributed by atoms with E-state index in [0.717, 1.165) is 11.3 Å². The molecule has 74 valence electrons. The third-order valence-electron chi connectivity index (χ3n) is 2.02. The number of aryl methyl sites for hydroxylation is 1. The van der Waals surface area contributed by atoms with E-state index < -0.39 is 0 Å². The Hall–Kier alpha value is -1.60. The fraction of sp³-hybridized carbons (Fsp3) is 0.400. The van der Waals surface area contributed by atoms with E-state index in [2.05, 4.69) is 4.98 Å². The minimum atomic E-state index is -0.125. The van der Waals surface area contributed by atoms with Crippen molar-refractivity contribution in [2.75, 3.05) is 7.11 Å². The molecule has 0 aliphatic rings. The quantitative estimate of drug-likeness (QED) is 0.764. The lowest BCUT2D eigenvalue weighted by atomic mass is 10.1. The van der Waals surface area contributed by atoms with Gasteiger partial charge in [-0.2, -0.15) is 5.26 Å². The van der Waals surface area contributed by atoms with Crippen molar-refractivity contribution in [1.82, 2.24) is 4.98 Å². The predicted molar refractivity (Wildman–Crippen MR) is 52.8 cm³/mol.